The van der Waals surface area contributed by atoms with Gasteiger partial charge in [0.05, 0.1) is 19.4 Å². The fourth-order valence-corrected chi connectivity index (χ4v) is 9.99. The number of benzene rings is 1. The van der Waals surface area contributed by atoms with E-state index in [1.54, 1.807) is 0 Å². The van der Waals surface area contributed by atoms with Crippen molar-refractivity contribution in [2.24, 2.45) is 0 Å². The van der Waals surface area contributed by atoms with Gasteiger partial charge in [0.15, 0.2) is 0 Å². The zero-order chi connectivity index (χ0) is 21.2. The molecule has 10 heteroatoms. The molecule has 30 heavy (non-hydrogen) atoms. The second-order valence-electron chi connectivity index (χ2n) is 7.97. The van der Waals surface area contributed by atoms with Crippen LogP contribution in [0.2, 0.25) is 0 Å². The van der Waals surface area contributed by atoms with Gasteiger partial charge in [0.2, 0.25) is 0 Å². The summed E-state index contributed by atoms with van der Waals surface area (Å²) in [5.74, 6) is 0. The number of hydrogen-bond acceptors (Lipinski definition) is 5. The van der Waals surface area contributed by atoms with Gasteiger partial charge in [0.25, 0.3) is 7.59 Å². The first-order chi connectivity index (χ1) is 14.5. The molecule has 4 rings (SSSR count). The monoisotopic (exact) mass is 456 g/mol. The zero-order valence-corrected chi connectivity index (χ0v) is 19.8. The van der Waals surface area contributed by atoms with E-state index >= 15 is 0 Å². The molecule has 0 aliphatic carbocycles. The second kappa shape index (κ2) is 9.51. The van der Waals surface area contributed by atoms with Gasteiger partial charge in [-0.1, -0.05) is 30.3 Å². The van der Waals surface area contributed by atoms with Crippen molar-refractivity contribution in [2.75, 3.05) is 71.7 Å². The maximum absolute atomic E-state index is 13.7. The molecule has 3 fully saturated rings. The van der Waals surface area contributed by atoms with Gasteiger partial charge >= 0.3 is 7.60 Å². The highest BCUT2D eigenvalue weighted by Gasteiger charge is 2.52. The smallest absolute Gasteiger partial charge is 0.309 e. The van der Waals surface area contributed by atoms with Crippen molar-refractivity contribution in [1.29, 1.82) is 0 Å². The number of hydrogen-bond donors (Lipinski definition) is 0. The molecule has 3 aliphatic heterocycles. The first-order valence-corrected chi connectivity index (χ1v) is 14.3. The van der Waals surface area contributed by atoms with Crippen molar-refractivity contribution in [1.82, 2.24) is 18.9 Å². The van der Waals surface area contributed by atoms with Gasteiger partial charge in [0.1, 0.15) is 0 Å². The largest absolute Gasteiger partial charge is 0.332 e. The minimum absolute atomic E-state index is 0.0751. The fraction of sp³-hybridized carbons (Fsp3) is 0.700. The summed E-state index contributed by atoms with van der Waals surface area (Å²) in [6.07, 6.45) is 0.322. The van der Waals surface area contributed by atoms with Crippen LogP contribution in [0.1, 0.15) is 25.5 Å². The van der Waals surface area contributed by atoms with Gasteiger partial charge in [-0.05, 0) is 19.4 Å². The first kappa shape index (κ1) is 22.6. The lowest BCUT2D eigenvalue weighted by atomic mass is 10.1. The molecule has 1 aromatic rings. The first-order valence-electron chi connectivity index (χ1n) is 11.0. The molecule has 3 heterocycles. The van der Waals surface area contributed by atoms with Gasteiger partial charge in [-0.3, -0.25) is 14.0 Å². The van der Waals surface area contributed by atoms with Crippen LogP contribution in [-0.4, -0.2) is 90.6 Å². The Hall–Kier alpha value is -0.560. The molecule has 0 bridgehead atoms. The van der Waals surface area contributed by atoms with E-state index in [0.717, 1.165) is 57.9 Å². The lowest BCUT2D eigenvalue weighted by molar-refractivity contribution is 0.158. The van der Waals surface area contributed by atoms with Crippen molar-refractivity contribution in [3.05, 3.63) is 35.9 Å². The van der Waals surface area contributed by atoms with Crippen LogP contribution in [0.15, 0.2) is 30.3 Å². The standard InChI is InChI=1S/C20H34N4O4P2/c1-3-27-29(25,28-4-2)18-20(19-8-6-5-7-9-19)21-10-12-22-14-16-24-17-15-23(13-11-21)30(22,24)26/h5-9,20H,3-4,10-18H2,1-2H3. The van der Waals surface area contributed by atoms with E-state index in [9.17, 15) is 9.13 Å². The van der Waals surface area contributed by atoms with Crippen LogP contribution >= 0.6 is 15.2 Å². The summed E-state index contributed by atoms with van der Waals surface area (Å²) < 4.78 is 44.9. The molecule has 0 saturated carbocycles. The molecule has 0 aromatic heterocycles. The van der Waals surface area contributed by atoms with Crippen molar-refractivity contribution >= 4 is 15.2 Å². The molecular weight excluding hydrogens is 422 g/mol. The molecule has 0 amide bonds. The normalized spacial score (nSPS) is 24.5. The summed E-state index contributed by atoms with van der Waals surface area (Å²) in [6, 6.07) is 10.1. The molecule has 0 N–H and O–H groups in total. The van der Waals surface area contributed by atoms with Crippen LogP contribution in [0, 0.1) is 0 Å². The van der Waals surface area contributed by atoms with Gasteiger partial charge in [0, 0.05) is 58.4 Å². The third-order valence-electron chi connectivity index (χ3n) is 6.30. The van der Waals surface area contributed by atoms with E-state index in [2.05, 4.69) is 31.0 Å². The average Bonchev–Trinajstić information content (AvgIpc) is 3.20. The molecule has 0 spiro atoms. The van der Waals surface area contributed by atoms with E-state index in [-0.39, 0.29) is 6.04 Å². The minimum atomic E-state index is -3.21. The van der Waals surface area contributed by atoms with Crippen LogP contribution in [0.3, 0.4) is 0 Å². The Kier molecular flexibility index (Phi) is 7.18. The molecule has 0 radical (unpaired) electrons. The fourth-order valence-electron chi connectivity index (χ4n) is 4.88. The van der Waals surface area contributed by atoms with Gasteiger partial charge in [-0.25, -0.2) is 14.0 Å². The molecule has 3 aliphatic rings. The quantitative estimate of drug-likeness (QED) is 0.552. The van der Waals surface area contributed by atoms with Crippen molar-refractivity contribution in [3.63, 3.8) is 0 Å². The molecule has 1 aromatic carbocycles. The summed E-state index contributed by atoms with van der Waals surface area (Å²) in [7, 11) is -5.75. The summed E-state index contributed by atoms with van der Waals surface area (Å²) in [5.41, 5.74) is 1.12. The van der Waals surface area contributed by atoms with Gasteiger partial charge < -0.3 is 9.05 Å². The van der Waals surface area contributed by atoms with Crippen LogP contribution in [0.4, 0.5) is 0 Å². The summed E-state index contributed by atoms with van der Waals surface area (Å²) in [5, 5.41) is 0. The van der Waals surface area contributed by atoms with Crippen molar-refractivity contribution in [2.45, 2.75) is 19.9 Å². The minimum Gasteiger partial charge on any atom is -0.309 e. The maximum Gasteiger partial charge on any atom is 0.332 e. The van der Waals surface area contributed by atoms with Gasteiger partial charge in [-0.15, -0.1) is 0 Å². The Balaban J connectivity index is 1.59. The van der Waals surface area contributed by atoms with Crippen LogP contribution in [0.5, 0.6) is 0 Å². The zero-order valence-electron chi connectivity index (χ0n) is 18.1. The Morgan fingerprint density at radius 3 is 1.80 bits per heavy atom. The predicted octanol–water partition coefficient (Wildman–Crippen LogP) is 3.35. The summed E-state index contributed by atoms with van der Waals surface area (Å²) in [4.78, 5) is 2.38. The number of nitrogens with zero attached hydrogens (tertiary/aromatic N) is 4. The van der Waals surface area contributed by atoms with E-state index in [0.29, 0.717) is 19.4 Å². The SMILES string of the molecule is CCOP(=O)(CC(c1ccccc1)N1CCN2CCN3CCN(CC1)P23=O)OCC. The van der Waals surface area contributed by atoms with E-state index in [4.69, 9.17) is 9.05 Å². The lowest BCUT2D eigenvalue weighted by Crippen LogP contribution is -2.45. The Morgan fingerprint density at radius 2 is 1.33 bits per heavy atom. The average molecular weight is 456 g/mol. The van der Waals surface area contributed by atoms with Crippen LogP contribution in [0.25, 0.3) is 0 Å². The van der Waals surface area contributed by atoms with Gasteiger partial charge in [-0.2, -0.15) is 0 Å². The molecular formula is C20H34N4O4P2. The third kappa shape index (κ3) is 4.35. The highest BCUT2D eigenvalue weighted by atomic mass is 31.2. The molecule has 8 nitrogen and oxygen atoms in total. The molecule has 3 saturated heterocycles. The lowest BCUT2D eigenvalue weighted by Gasteiger charge is -2.40. The van der Waals surface area contributed by atoms with E-state index in [1.807, 2.05) is 32.0 Å². The van der Waals surface area contributed by atoms with Crippen LogP contribution < -0.4 is 0 Å². The summed E-state index contributed by atoms with van der Waals surface area (Å²) >= 11 is 0. The highest BCUT2D eigenvalue weighted by molar-refractivity contribution is 7.57. The van der Waals surface area contributed by atoms with Crippen molar-refractivity contribution < 1.29 is 18.2 Å². The van der Waals surface area contributed by atoms with E-state index < -0.39 is 15.2 Å². The Morgan fingerprint density at radius 1 is 0.867 bits per heavy atom. The topological polar surface area (TPSA) is 65.6 Å². The van der Waals surface area contributed by atoms with Crippen LogP contribution in [-0.2, 0) is 18.2 Å². The molecule has 168 valence electrons. The third-order valence-corrected chi connectivity index (χ3v) is 11.8. The molecule has 1 atom stereocenters. The predicted molar refractivity (Wildman–Crippen MR) is 119 cm³/mol. The summed E-state index contributed by atoms with van der Waals surface area (Å²) in [6.45, 7) is 11.0. The highest BCUT2D eigenvalue weighted by Crippen LogP contribution is 2.63. The Labute approximate surface area is 180 Å². The second-order valence-corrected chi connectivity index (χ2v) is 12.8. The number of rotatable bonds is 8. The van der Waals surface area contributed by atoms with E-state index in [1.165, 1.54) is 0 Å². The maximum atomic E-state index is 13.7. The molecule has 1 unspecified atom stereocenters. The Bertz CT molecular complexity index is 777. The van der Waals surface area contributed by atoms with Crippen molar-refractivity contribution in [3.8, 4) is 0 Å².